The van der Waals surface area contributed by atoms with Gasteiger partial charge in [0.15, 0.2) is 0 Å². The summed E-state index contributed by atoms with van der Waals surface area (Å²) >= 11 is 0. The number of piperidine rings is 1. The highest BCUT2D eigenvalue weighted by atomic mass is 16.2. The second-order valence-corrected chi connectivity index (χ2v) is 6.46. The molecule has 1 heterocycles. The first kappa shape index (κ1) is 13.9. The summed E-state index contributed by atoms with van der Waals surface area (Å²) in [4.78, 5) is 14.7. The van der Waals surface area contributed by atoms with Gasteiger partial charge in [-0.15, -0.1) is 0 Å². The van der Waals surface area contributed by atoms with Gasteiger partial charge in [0.05, 0.1) is 0 Å². The standard InChI is InChI=1S/C15H28N2O/c1-11-7-8-17(12(2)9-11)15(18)14-5-3-13(10-16)4-6-14/h11-14H,3-10,16H2,1-2H3. The van der Waals surface area contributed by atoms with Crippen LogP contribution in [0, 0.1) is 17.8 Å². The van der Waals surface area contributed by atoms with Crippen molar-refractivity contribution in [1.82, 2.24) is 4.90 Å². The van der Waals surface area contributed by atoms with E-state index >= 15 is 0 Å². The zero-order valence-corrected chi connectivity index (χ0v) is 11.9. The number of nitrogens with zero attached hydrogens (tertiary/aromatic N) is 1. The van der Waals surface area contributed by atoms with Crippen molar-refractivity contribution in [2.45, 2.75) is 58.4 Å². The van der Waals surface area contributed by atoms with E-state index in [1.807, 2.05) is 0 Å². The molecule has 0 spiro atoms. The second kappa shape index (κ2) is 6.05. The molecule has 2 N–H and O–H groups in total. The number of carbonyl (C=O) groups is 1. The predicted octanol–water partition coefficient (Wildman–Crippen LogP) is 2.40. The monoisotopic (exact) mass is 252 g/mol. The molecule has 2 rings (SSSR count). The maximum atomic E-state index is 12.6. The van der Waals surface area contributed by atoms with Gasteiger partial charge < -0.3 is 10.6 Å². The van der Waals surface area contributed by atoms with E-state index in [9.17, 15) is 4.79 Å². The molecule has 0 aromatic heterocycles. The molecular formula is C15H28N2O. The van der Waals surface area contributed by atoms with Gasteiger partial charge in [0.25, 0.3) is 0 Å². The topological polar surface area (TPSA) is 46.3 Å². The van der Waals surface area contributed by atoms with Crippen LogP contribution in [0.2, 0.25) is 0 Å². The van der Waals surface area contributed by atoms with Gasteiger partial charge in [-0.2, -0.15) is 0 Å². The average Bonchev–Trinajstić information content (AvgIpc) is 2.38. The molecule has 2 unspecified atom stereocenters. The molecule has 1 aliphatic carbocycles. The van der Waals surface area contributed by atoms with Gasteiger partial charge in [0, 0.05) is 18.5 Å². The van der Waals surface area contributed by atoms with Crippen LogP contribution in [0.25, 0.3) is 0 Å². The highest BCUT2D eigenvalue weighted by Gasteiger charge is 2.33. The van der Waals surface area contributed by atoms with Crippen LogP contribution < -0.4 is 5.73 Å². The third kappa shape index (κ3) is 3.05. The molecule has 3 nitrogen and oxygen atoms in total. The van der Waals surface area contributed by atoms with Crippen LogP contribution in [0.15, 0.2) is 0 Å². The SMILES string of the molecule is CC1CCN(C(=O)C2CCC(CN)CC2)C(C)C1. The minimum atomic E-state index is 0.281. The van der Waals surface area contributed by atoms with Crippen molar-refractivity contribution in [3.63, 3.8) is 0 Å². The van der Waals surface area contributed by atoms with Crippen molar-refractivity contribution >= 4 is 5.91 Å². The highest BCUT2D eigenvalue weighted by molar-refractivity contribution is 5.79. The normalized spacial score (nSPS) is 37.6. The van der Waals surface area contributed by atoms with Crippen molar-refractivity contribution in [2.24, 2.45) is 23.5 Å². The Kier molecular flexibility index (Phi) is 4.66. The van der Waals surface area contributed by atoms with Crippen LogP contribution in [-0.2, 0) is 4.79 Å². The zero-order valence-electron chi connectivity index (χ0n) is 11.9. The maximum Gasteiger partial charge on any atom is 0.225 e. The first-order chi connectivity index (χ1) is 8.61. The lowest BCUT2D eigenvalue weighted by molar-refractivity contribution is -0.140. The van der Waals surface area contributed by atoms with Crippen LogP contribution in [-0.4, -0.2) is 29.9 Å². The number of hydrogen-bond acceptors (Lipinski definition) is 2. The Hall–Kier alpha value is -0.570. The Bertz CT molecular complexity index is 284. The van der Waals surface area contributed by atoms with E-state index in [0.717, 1.165) is 44.7 Å². The Morgan fingerprint density at radius 1 is 1.17 bits per heavy atom. The molecular weight excluding hydrogens is 224 g/mol. The number of likely N-dealkylation sites (tertiary alicyclic amines) is 1. The van der Waals surface area contributed by atoms with Gasteiger partial charge in [0.2, 0.25) is 5.91 Å². The predicted molar refractivity (Wildman–Crippen MR) is 74.1 cm³/mol. The van der Waals surface area contributed by atoms with E-state index in [2.05, 4.69) is 18.7 Å². The van der Waals surface area contributed by atoms with Crippen molar-refractivity contribution in [1.29, 1.82) is 0 Å². The molecule has 104 valence electrons. The van der Waals surface area contributed by atoms with Gasteiger partial charge in [-0.3, -0.25) is 4.79 Å². The Morgan fingerprint density at radius 3 is 2.39 bits per heavy atom. The van der Waals surface area contributed by atoms with Crippen molar-refractivity contribution in [3.8, 4) is 0 Å². The molecule has 0 aromatic rings. The van der Waals surface area contributed by atoms with Gasteiger partial charge in [-0.25, -0.2) is 0 Å². The van der Waals surface area contributed by atoms with E-state index < -0.39 is 0 Å². The van der Waals surface area contributed by atoms with Crippen LogP contribution in [0.3, 0.4) is 0 Å². The zero-order chi connectivity index (χ0) is 13.1. The van der Waals surface area contributed by atoms with Gasteiger partial charge in [-0.1, -0.05) is 6.92 Å². The molecule has 3 heteroatoms. The highest BCUT2D eigenvalue weighted by Crippen LogP contribution is 2.32. The summed E-state index contributed by atoms with van der Waals surface area (Å²) in [5.41, 5.74) is 5.71. The number of amides is 1. The van der Waals surface area contributed by atoms with Crippen LogP contribution in [0.4, 0.5) is 0 Å². The third-order valence-electron chi connectivity index (χ3n) is 4.95. The molecule has 18 heavy (non-hydrogen) atoms. The van der Waals surface area contributed by atoms with Crippen LogP contribution >= 0.6 is 0 Å². The Morgan fingerprint density at radius 2 is 1.83 bits per heavy atom. The summed E-state index contributed by atoms with van der Waals surface area (Å²) < 4.78 is 0. The maximum absolute atomic E-state index is 12.6. The van der Waals surface area contributed by atoms with Gasteiger partial charge >= 0.3 is 0 Å². The summed E-state index contributed by atoms with van der Waals surface area (Å²) in [5.74, 6) is 2.14. The third-order valence-corrected chi connectivity index (χ3v) is 4.95. The van der Waals surface area contributed by atoms with E-state index in [-0.39, 0.29) is 5.92 Å². The summed E-state index contributed by atoms with van der Waals surface area (Å²) in [6.07, 6.45) is 6.74. The molecule has 1 amide bonds. The second-order valence-electron chi connectivity index (χ2n) is 6.46. The van der Waals surface area contributed by atoms with Crippen molar-refractivity contribution in [2.75, 3.05) is 13.1 Å². The fourth-order valence-electron chi connectivity index (χ4n) is 3.61. The lowest BCUT2D eigenvalue weighted by atomic mass is 9.80. The minimum Gasteiger partial charge on any atom is -0.340 e. The molecule has 1 saturated heterocycles. The lowest BCUT2D eigenvalue weighted by Crippen LogP contribution is -2.47. The molecule has 0 bridgehead atoms. The lowest BCUT2D eigenvalue weighted by Gasteiger charge is -2.39. The molecule has 0 aromatic carbocycles. The Balaban J connectivity index is 1.88. The molecule has 0 radical (unpaired) electrons. The Labute approximate surface area is 111 Å². The van der Waals surface area contributed by atoms with Gasteiger partial charge in [-0.05, 0) is 63.8 Å². The fourth-order valence-corrected chi connectivity index (χ4v) is 3.61. The van der Waals surface area contributed by atoms with E-state index in [0.29, 0.717) is 17.9 Å². The largest absolute Gasteiger partial charge is 0.340 e. The van der Waals surface area contributed by atoms with E-state index in [4.69, 9.17) is 5.73 Å². The van der Waals surface area contributed by atoms with Crippen LogP contribution in [0.1, 0.15) is 52.4 Å². The van der Waals surface area contributed by atoms with E-state index in [1.165, 1.54) is 12.8 Å². The molecule has 2 fully saturated rings. The summed E-state index contributed by atoms with van der Waals surface area (Å²) in [5, 5.41) is 0. The van der Waals surface area contributed by atoms with Gasteiger partial charge in [0.1, 0.15) is 0 Å². The number of nitrogens with two attached hydrogens (primary N) is 1. The molecule has 1 saturated carbocycles. The molecule has 2 atom stereocenters. The number of rotatable bonds is 2. The molecule has 1 aliphatic heterocycles. The number of carbonyl (C=O) groups excluding carboxylic acids is 1. The fraction of sp³-hybridized carbons (Fsp3) is 0.933. The first-order valence-electron chi connectivity index (χ1n) is 7.62. The average molecular weight is 252 g/mol. The smallest absolute Gasteiger partial charge is 0.225 e. The van der Waals surface area contributed by atoms with E-state index in [1.54, 1.807) is 0 Å². The van der Waals surface area contributed by atoms with Crippen LogP contribution in [0.5, 0.6) is 0 Å². The van der Waals surface area contributed by atoms with Crippen molar-refractivity contribution in [3.05, 3.63) is 0 Å². The quantitative estimate of drug-likeness (QED) is 0.820. The molecule has 2 aliphatic rings. The first-order valence-corrected chi connectivity index (χ1v) is 7.62. The van der Waals surface area contributed by atoms with Crippen molar-refractivity contribution < 1.29 is 4.79 Å². The number of hydrogen-bond donors (Lipinski definition) is 1. The summed E-state index contributed by atoms with van der Waals surface area (Å²) in [7, 11) is 0. The summed E-state index contributed by atoms with van der Waals surface area (Å²) in [6.45, 7) is 6.26. The summed E-state index contributed by atoms with van der Waals surface area (Å²) in [6, 6.07) is 0.438. The minimum absolute atomic E-state index is 0.281.